The number of benzene rings is 2. The number of halogens is 2. The van der Waals surface area contributed by atoms with Gasteiger partial charge in [-0.25, -0.2) is 0 Å². The number of nitrogens with zero attached hydrogens (tertiary/aromatic N) is 1. The van der Waals surface area contributed by atoms with Gasteiger partial charge in [0.2, 0.25) is 11.8 Å². The molecular weight excluding hydrogens is 400 g/mol. The van der Waals surface area contributed by atoms with E-state index in [-0.39, 0.29) is 18.4 Å². The Balaban J connectivity index is 1.76. The molecule has 2 aromatic carbocycles. The van der Waals surface area contributed by atoms with Gasteiger partial charge in [0.1, 0.15) is 6.54 Å². The summed E-state index contributed by atoms with van der Waals surface area (Å²) in [6.45, 7) is -0.0389. The van der Waals surface area contributed by atoms with Gasteiger partial charge in [-0.2, -0.15) is 0 Å². The largest absolute Gasteiger partial charge is 0.323 e. The van der Waals surface area contributed by atoms with E-state index in [0.717, 1.165) is 15.1 Å². The van der Waals surface area contributed by atoms with E-state index < -0.39 is 0 Å². The van der Waals surface area contributed by atoms with E-state index in [4.69, 9.17) is 11.6 Å². The van der Waals surface area contributed by atoms with Crippen LogP contribution in [0.4, 0.5) is 11.4 Å². The first-order chi connectivity index (χ1) is 11.0. The van der Waals surface area contributed by atoms with Crippen LogP contribution in [0.5, 0.6) is 0 Å². The van der Waals surface area contributed by atoms with E-state index in [1.165, 1.54) is 16.7 Å². The molecule has 0 fully saturated rings. The van der Waals surface area contributed by atoms with Gasteiger partial charge < -0.3 is 10.2 Å². The maximum Gasteiger partial charge on any atom is 0.244 e. The van der Waals surface area contributed by atoms with Crippen molar-refractivity contribution < 1.29 is 9.59 Å². The highest BCUT2D eigenvalue weighted by atomic mass is 79.9. The van der Waals surface area contributed by atoms with Crippen molar-refractivity contribution in [3.8, 4) is 0 Å². The molecule has 2 aromatic rings. The van der Waals surface area contributed by atoms with Crippen LogP contribution in [0.25, 0.3) is 0 Å². The Labute approximate surface area is 151 Å². The van der Waals surface area contributed by atoms with E-state index in [0.29, 0.717) is 16.5 Å². The summed E-state index contributed by atoms with van der Waals surface area (Å²) >= 11 is 10.9. The normalized spacial score (nSPS) is 13.7. The van der Waals surface area contributed by atoms with Crippen molar-refractivity contribution in [2.24, 2.45) is 0 Å². The molecule has 23 heavy (non-hydrogen) atoms. The molecule has 7 heteroatoms. The van der Waals surface area contributed by atoms with Crippen LogP contribution < -0.4 is 10.2 Å². The number of carbonyl (C=O) groups is 2. The highest BCUT2D eigenvalue weighted by molar-refractivity contribution is 9.10. The molecule has 1 aliphatic heterocycles. The molecule has 3 rings (SSSR count). The van der Waals surface area contributed by atoms with Crippen LogP contribution in [0.1, 0.15) is 0 Å². The zero-order chi connectivity index (χ0) is 16.4. The van der Waals surface area contributed by atoms with E-state index >= 15 is 0 Å². The molecule has 0 aliphatic carbocycles. The summed E-state index contributed by atoms with van der Waals surface area (Å²) in [5.41, 5.74) is 1.29. The fraction of sp³-hybridized carbons (Fsp3) is 0.125. The third-order valence-electron chi connectivity index (χ3n) is 3.32. The number of hydrogen-bond acceptors (Lipinski definition) is 3. The molecule has 0 saturated heterocycles. The van der Waals surface area contributed by atoms with E-state index in [1.54, 1.807) is 18.2 Å². The van der Waals surface area contributed by atoms with Gasteiger partial charge in [0.05, 0.1) is 22.2 Å². The summed E-state index contributed by atoms with van der Waals surface area (Å²) in [4.78, 5) is 26.9. The molecule has 1 aliphatic rings. The maximum absolute atomic E-state index is 12.3. The SMILES string of the molecule is O=C(CN1C(=O)CSc2ccccc21)Nc1ccc(Br)cc1Cl. The van der Waals surface area contributed by atoms with Crippen LogP contribution >= 0.6 is 39.3 Å². The van der Waals surface area contributed by atoms with Crippen LogP contribution in [0.3, 0.4) is 0 Å². The molecule has 0 atom stereocenters. The highest BCUT2D eigenvalue weighted by Gasteiger charge is 2.26. The topological polar surface area (TPSA) is 49.4 Å². The van der Waals surface area contributed by atoms with Crippen LogP contribution in [-0.2, 0) is 9.59 Å². The number of amides is 2. The third kappa shape index (κ3) is 3.71. The zero-order valence-corrected chi connectivity index (χ0v) is 15.0. The van der Waals surface area contributed by atoms with E-state index in [1.807, 2.05) is 24.3 Å². The molecule has 0 saturated carbocycles. The summed E-state index contributed by atoms with van der Waals surface area (Å²) < 4.78 is 0.831. The predicted molar refractivity (Wildman–Crippen MR) is 97.3 cm³/mol. The van der Waals surface area contributed by atoms with Crippen molar-refractivity contribution in [2.75, 3.05) is 22.5 Å². The minimum absolute atomic E-state index is 0.0389. The average Bonchev–Trinajstić information content (AvgIpc) is 2.53. The summed E-state index contributed by atoms with van der Waals surface area (Å²) in [6, 6.07) is 12.8. The van der Waals surface area contributed by atoms with Crippen molar-refractivity contribution >= 4 is 62.5 Å². The highest BCUT2D eigenvalue weighted by Crippen LogP contribution is 2.34. The Morgan fingerprint density at radius 2 is 2.09 bits per heavy atom. The van der Waals surface area contributed by atoms with Gasteiger partial charge in [-0.15, -0.1) is 11.8 Å². The second-order valence-electron chi connectivity index (χ2n) is 4.91. The first-order valence-electron chi connectivity index (χ1n) is 6.81. The molecule has 0 unspecified atom stereocenters. The second-order valence-corrected chi connectivity index (χ2v) is 7.25. The lowest BCUT2D eigenvalue weighted by Crippen LogP contribution is -2.41. The van der Waals surface area contributed by atoms with Crippen LogP contribution in [0.2, 0.25) is 5.02 Å². The average molecular weight is 412 g/mol. The lowest BCUT2D eigenvalue weighted by molar-refractivity contribution is -0.120. The second kappa shape index (κ2) is 6.95. The maximum atomic E-state index is 12.3. The molecule has 118 valence electrons. The molecule has 0 radical (unpaired) electrons. The van der Waals surface area contributed by atoms with Crippen molar-refractivity contribution in [1.82, 2.24) is 0 Å². The molecule has 0 aromatic heterocycles. The number of thioether (sulfide) groups is 1. The molecule has 0 spiro atoms. The van der Waals surface area contributed by atoms with Crippen molar-refractivity contribution in [3.63, 3.8) is 0 Å². The van der Waals surface area contributed by atoms with Gasteiger partial charge in [0, 0.05) is 9.37 Å². The van der Waals surface area contributed by atoms with E-state index in [9.17, 15) is 9.59 Å². The van der Waals surface area contributed by atoms with Crippen LogP contribution in [-0.4, -0.2) is 24.1 Å². The number of fused-ring (bicyclic) bond motifs is 1. The van der Waals surface area contributed by atoms with Gasteiger partial charge in [-0.3, -0.25) is 9.59 Å². The van der Waals surface area contributed by atoms with Gasteiger partial charge in [0.25, 0.3) is 0 Å². The smallest absolute Gasteiger partial charge is 0.244 e. The first-order valence-corrected chi connectivity index (χ1v) is 8.97. The van der Waals surface area contributed by atoms with Crippen molar-refractivity contribution in [3.05, 3.63) is 52.0 Å². The lowest BCUT2D eigenvalue weighted by Gasteiger charge is -2.28. The first kappa shape index (κ1) is 16.4. The number of hydrogen-bond donors (Lipinski definition) is 1. The number of nitrogens with one attached hydrogen (secondary N) is 1. The van der Waals surface area contributed by atoms with Gasteiger partial charge in [-0.05, 0) is 30.3 Å². The summed E-state index contributed by atoms with van der Waals surface area (Å²) in [7, 11) is 0. The number of anilines is 2. The third-order valence-corrected chi connectivity index (χ3v) is 5.17. The Morgan fingerprint density at radius 3 is 2.87 bits per heavy atom. The fourth-order valence-electron chi connectivity index (χ4n) is 2.25. The Morgan fingerprint density at radius 1 is 1.30 bits per heavy atom. The Kier molecular flexibility index (Phi) is 4.94. The fourth-order valence-corrected chi connectivity index (χ4v) is 3.91. The van der Waals surface area contributed by atoms with Gasteiger partial charge >= 0.3 is 0 Å². The van der Waals surface area contributed by atoms with Gasteiger partial charge in [-0.1, -0.05) is 39.7 Å². The molecular formula is C16H12BrClN2O2S. The van der Waals surface area contributed by atoms with Gasteiger partial charge in [0.15, 0.2) is 0 Å². The minimum Gasteiger partial charge on any atom is -0.323 e. The van der Waals surface area contributed by atoms with Crippen molar-refractivity contribution in [2.45, 2.75) is 4.90 Å². The lowest BCUT2D eigenvalue weighted by atomic mass is 10.2. The quantitative estimate of drug-likeness (QED) is 0.824. The number of rotatable bonds is 3. The van der Waals surface area contributed by atoms with Crippen molar-refractivity contribution in [1.29, 1.82) is 0 Å². The molecule has 4 nitrogen and oxygen atoms in total. The molecule has 1 N–H and O–H groups in total. The summed E-state index contributed by atoms with van der Waals surface area (Å²) in [6.07, 6.45) is 0. The summed E-state index contributed by atoms with van der Waals surface area (Å²) in [5.74, 6) is -0.0291. The van der Waals surface area contributed by atoms with Crippen LogP contribution in [0, 0.1) is 0 Å². The molecule has 2 amide bonds. The Hall–Kier alpha value is -1.50. The number of carbonyl (C=O) groups excluding carboxylic acids is 2. The predicted octanol–water partition coefficient (Wildman–Crippen LogP) is 4.18. The standard InChI is InChI=1S/C16H12BrClN2O2S/c17-10-5-6-12(11(18)7-10)19-15(21)8-20-13-3-1-2-4-14(13)23-9-16(20)22/h1-7H,8-9H2,(H,19,21). The van der Waals surface area contributed by atoms with E-state index in [2.05, 4.69) is 21.2 Å². The zero-order valence-electron chi connectivity index (χ0n) is 11.9. The van der Waals surface area contributed by atoms with Crippen LogP contribution in [0.15, 0.2) is 51.8 Å². The Bertz CT molecular complexity index is 784. The monoisotopic (exact) mass is 410 g/mol. The molecule has 0 bridgehead atoms. The number of para-hydroxylation sites is 1. The summed E-state index contributed by atoms with van der Waals surface area (Å²) in [5, 5.41) is 3.18. The molecule has 1 heterocycles. The minimum atomic E-state index is -0.288.